The minimum atomic E-state index is -1.47. The van der Waals surface area contributed by atoms with E-state index in [-0.39, 0.29) is 35.7 Å². The molecule has 8 heteroatoms. The van der Waals surface area contributed by atoms with Crippen LogP contribution in [0.5, 0.6) is 5.75 Å². The summed E-state index contributed by atoms with van der Waals surface area (Å²) in [5.41, 5.74) is 1.79. The lowest BCUT2D eigenvalue weighted by atomic mass is 9.44. The first kappa shape index (κ1) is 30.3. The molecular formula is C39H33NO7. The SMILES string of the molecule is C=CCc1cccc(C2C3=CCC4C(=O)N(C(=O)OC)C(=O)C4C3CC3C(=O)C(c4ccccc4)=CC(=O)C32c2ccccc2)c1O. The lowest BCUT2D eigenvalue weighted by molar-refractivity contribution is -0.138. The number of Topliss-reactive ketones (excluding diaryl/α,β-unsaturated/α-hetero) is 1. The molecule has 8 nitrogen and oxygen atoms in total. The first-order valence-corrected chi connectivity index (χ1v) is 15.7. The van der Waals surface area contributed by atoms with E-state index < -0.39 is 52.9 Å². The van der Waals surface area contributed by atoms with Gasteiger partial charge in [0.25, 0.3) is 0 Å². The number of carbonyl (C=O) groups is 5. The summed E-state index contributed by atoms with van der Waals surface area (Å²) < 4.78 is 4.79. The molecule has 7 rings (SSSR count). The number of phenolic OH excluding ortho intramolecular Hbond substituents is 1. The lowest BCUT2D eigenvalue weighted by Gasteiger charge is -2.55. The predicted octanol–water partition coefficient (Wildman–Crippen LogP) is 5.71. The third-order valence-corrected chi connectivity index (χ3v) is 10.6. The van der Waals surface area contributed by atoms with Crippen LogP contribution in [0.1, 0.15) is 41.0 Å². The molecule has 47 heavy (non-hydrogen) atoms. The number of imide groups is 3. The maximum Gasteiger partial charge on any atom is 0.423 e. The molecule has 1 saturated carbocycles. The number of methoxy groups -OCH3 is 1. The molecule has 236 valence electrons. The van der Waals surface area contributed by atoms with Gasteiger partial charge in [0.1, 0.15) is 5.75 Å². The van der Waals surface area contributed by atoms with Gasteiger partial charge in [-0.25, -0.2) is 4.79 Å². The fourth-order valence-corrected chi connectivity index (χ4v) is 8.65. The molecule has 1 saturated heterocycles. The Balaban J connectivity index is 1.52. The van der Waals surface area contributed by atoms with Gasteiger partial charge in [0.15, 0.2) is 11.6 Å². The fraction of sp³-hybridized carbons (Fsp3) is 0.256. The Bertz CT molecular complexity index is 1910. The average molecular weight is 628 g/mol. The number of hydrogen-bond acceptors (Lipinski definition) is 7. The van der Waals surface area contributed by atoms with E-state index in [1.54, 1.807) is 48.5 Å². The Kier molecular flexibility index (Phi) is 7.38. The number of fused-ring (bicyclic) bond motifs is 4. The van der Waals surface area contributed by atoms with E-state index in [1.165, 1.54) is 6.08 Å². The third-order valence-electron chi connectivity index (χ3n) is 10.6. The highest BCUT2D eigenvalue weighted by molar-refractivity contribution is 6.31. The van der Waals surface area contributed by atoms with E-state index in [1.807, 2.05) is 42.5 Å². The van der Waals surface area contributed by atoms with E-state index >= 15 is 4.79 Å². The highest BCUT2D eigenvalue weighted by atomic mass is 16.5. The molecule has 0 bridgehead atoms. The molecule has 1 N–H and O–H groups in total. The molecule has 2 fully saturated rings. The molecule has 4 aliphatic rings. The van der Waals surface area contributed by atoms with Crippen molar-refractivity contribution >= 4 is 35.0 Å². The minimum absolute atomic E-state index is 0.0155. The molecule has 0 aromatic heterocycles. The smallest absolute Gasteiger partial charge is 0.423 e. The van der Waals surface area contributed by atoms with Gasteiger partial charge in [-0.1, -0.05) is 96.6 Å². The second-order valence-electron chi connectivity index (χ2n) is 12.6. The summed E-state index contributed by atoms with van der Waals surface area (Å²) in [7, 11) is 1.11. The zero-order chi connectivity index (χ0) is 33.0. The van der Waals surface area contributed by atoms with Gasteiger partial charge in [-0.3, -0.25) is 19.2 Å². The van der Waals surface area contributed by atoms with Crippen molar-refractivity contribution in [1.29, 1.82) is 0 Å². The number of hydrogen-bond donors (Lipinski definition) is 1. The largest absolute Gasteiger partial charge is 0.507 e. The minimum Gasteiger partial charge on any atom is -0.507 e. The number of phenols is 1. The number of allylic oxidation sites excluding steroid dienone is 5. The van der Waals surface area contributed by atoms with Crippen molar-refractivity contribution in [3.8, 4) is 5.75 Å². The zero-order valence-electron chi connectivity index (χ0n) is 25.8. The zero-order valence-corrected chi connectivity index (χ0v) is 25.8. The first-order chi connectivity index (χ1) is 22.7. The van der Waals surface area contributed by atoms with Gasteiger partial charge < -0.3 is 9.84 Å². The monoisotopic (exact) mass is 627 g/mol. The summed E-state index contributed by atoms with van der Waals surface area (Å²) >= 11 is 0. The number of nitrogens with zero attached hydrogens (tertiary/aromatic N) is 1. The van der Waals surface area contributed by atoms with Gasteiger partial charge in [0.2, 0.25) is 11.8 Å². The van der Waals surface area contributed by atoms with Crippen molar-refractivity contribution in [3.63, 3.8) is 0 Å². The second kappa shape index (κ2) is 11.5. The first-order valence-electron chi connectivity index (χ1n) is 15.7. The van der Waals surface area contributed by atoms with Crippen LogP contribution in [0.4, 0.5) is 4.79 Å². The number of ether oxygens (including phenoxy) is 1. The third kappa shape index (κ3) is 4.31. The van der Waals surface area contributed by atoms with Crippen molar-refractivity contribution in [2.45, 2.75) is 30.6 Å². The van der Waals surface area contributed by atoms with Crippen molar-refractivity contribution in [1.82, 2.24) is 4.90 Å². The average Bonchev–Trinajstić information content (AvgIpc) is 3.36. The Morgan fingerprint density at radius 2 is 1.66 bits per heavy atom. The fourth-order valence-electron chi connectivity index (χ4n) is 8.65. The normalized spacial score (nSPS) is 28.1. The highest BCUT2D eigenvalue weighted by Crippen LogP contribution is 2.64. The summed E-state index contributed by atoms with van der Waals surface area (Å²) in [6.45, 7) is 3.83. The number of rotatable bonds is 5. The maximum absolute atomic E-state index is 15.0. The topological polar surface area (TPSA) is 118 Å². The highest BCUT2D eigenvalue weighted by Gasteiger charge is 2.66. The molecule has 3 aromatic carbocycles. The van der Waals surface area contributed by atoms with Crippen molar-refractivity contribution in [2.75, 3.05) is 7.11 Å². The number of ketones is 2. The van der Waals surface area contributed by atoms with Crippen LogP contribution in [0.3, 0.4) is 0 Å². The summed E-state index contributed by atoms with van der Waals surface area (Å²) in [5.74, 6) is -6.10. The molecule has 3 aliphatic carbocycles. The molecule has 0 spiro atoms. The van der Waals surface area contributed by atoms with Gasteiger partial charge in [-0.05, 0) is 47.9 Å². The van der Waals surface area contributed by atoms with Crippen molar-refractivity contribution in [2.24, 2.45) is 23.7 Å². The molecule has 6 unspecified atom stereocenters. The maximum atomic E-state index is 15.0. The van der Waals surface area contributed by atoms with Crippen LogP contribution in [0.25, 0.3) is 5.57 Å². The van der Waals surface area contributed by atoms with Gasteiger partial charge >= 0.3 is 6.09 Å². The van der Waals surface area contributed by atoms with Crippen LogP contribution < -0.4 is 0 Å². The van der Waals surface area contributed by atoms with Gasteiger partial charge in [0, 0.05) is 23.0 Å². The molecule has 1 aliphatic heterocycles. The summed E-state index contributed by atoms with van der Waals surface area (Å²) in [6.07, 6.45) is 4.57. The molecule has 3 amide bonds. The summed E-state index contributed by atoms with van der Waals surface area (Å²) in [4.78, 5) is 70.5. The van der Waals surface area contributed by atoms with E-state index in [0.29, 0.717) is 39.1 Å². The predicted molar refractivity (Wildman–Crippen MR) is 173 cm³/mol. The van der Waals surface area contributed by atoms with Crippen LogP contribution in [-0.4, -0.2) is 46.6 Å². The Labute approximate surface area is 272 Å². The molecule has 1 heterocycles. The number of amides is 3. The molecule has 3 aromatic rings. The second-order valence-corrected chi connectivity index (χ2v) is 12.6. The van der Waals surface area contributed by atoms with Crippen molar-refractivity contribution in [3.05, 3.63) is 131 Å². The number of likely N-dealkylation sites (tertiary alicyclic amines) is 1. The molecule has 0 radical (unpaired) electrons. The van der Waals surface area contributed by atoms with Crippen LogP contribution in [-0.2, 0) is 35.8 Å². The molecule has 6 atom stereocenters. The lowest BCUT2D eigenvalue weighted by Crippen LogP contribution is -2.58. The van der Waals surface area contributed by atoms with Gasteiger partial charge in [0.05, 0.1) is 24.4 Å². The van der Waals surface area contributed by atoms with Crippen LogP contribution in [0, 0.1) is 23.7 Å². The van der Waals surface area contributed by atoms with Crippen molar-refractivity contribution < 1.29 is 33.8 Å². The van der Waals surface area contributed by atoms with E-state index in [4.69, 9.17) is 4.74 Å². The summed E-state index contributed by atoms with van der Waals surface area (Å²) in [6, 6.07) is 23.5. The van der Waals surface area contributed by atoms with Crippen LogP contribution in [0.2, 0.25) is 0 Å². The quantitative estimate of drug-likeness (QED) is 0.284. The van der Waals surface area contributed by atoms with E-state index in [9.17, 15) is 24.3 Å². The number of carbonyl (C=O) groups excluding carboxylic acids is 5. The number of benzene rings is 3. The Morgan fingerprint density at radius 1 is 0.957 bits per heavy atom. The van der Waals surface area contributed by atoms with E-state index in [0.717, 1.165) is 7.11 Å². The van der Waals surface area contributed by atoms with Gasteiger partial charge in [-0.2, -0.15) is 4.90 Å². The standard InChI is InChI=1S/C39H33NO7/c1-3-11-23-14-10-17-27(34(23)42)33-25-18-19-26-32(37(45)40(36(26)44)38(46)47-2)29(25)20-30-35(43)28(22-12-6-4-7-13-22)21-31(41)39(30,33)24-15-8-5-9-16-24/h3-10,12-18,21,26,29-30,32-33,42H,1,11,19-20H2,2H3. The number of aromatic hydroxyl groups is 1. The van der Waals surface area contributed by atoms with Gasteiger partial charge in [-0.15, -0.1) is 6.58 Å². The van der Waals surface area contributed by atoms with Crippen LogP contribution in [0.15, 0.2) is 109 Å². The van der Waals surface area contributed by atoms with E-state index in [2.05, 4.69) is 6.58 Å². The Morgan fingerprint density at radius 3 is 2.34 bits per heavy atom. The van der Waals surface area contributed by atoms with Crippen LogP contribution >= 0.6 is 0 Å². The number of para-hydroxylation sites is 1. The Hall–Kier alpha value is -5.37. The molecular weight excluding hydrogens is 594 g/mol. The summed E-state index contributed by atoms with van der Waals surface area (Å²) in [5, 5.41) is 11.8.